The highest BCUT2D eigenvalue weighted by atomic mass is 16.6. The Morgan fingerprint density at radius 2 is 2.00 bits per heavy atom. The number of nitrogens with zero attached hydrogens (tertiary/aromatic N) is 3. The van der Waals surface area contributed by atoms with Crippen LogP contribution in [0.2, 0.25) is 0 Å². The Labute approximate surface area is 145 Å². The first-order chi connectivity index (χ1) is 12.2. The van der Waals surface area contributed by atoms with Crippen LogP contribution in [0.5, 0.6) is 11.5 Å². The quantitative estimate of drug-likeness (QED) is 0.728. The lowest BCUT2D eigenvalue weighted by molar-refractivity contribution is 0.0635. The molecular weight excluding hydrogens is 318 g/mol. The largest absolute Gasteiger partial charge is 0.486 e. The summed E-state index contributed by atoms with van der Waals surface area (Å²) < 4.78 is 13.3. The summed E-state index contributed by atoms with van der Waals surface area (Å²) in [6.07, 6.45) is 1.67. The van der Waals surface area contributed by atoms with Gasteiger partial charge < -0.3 is 9.47 Å². The maximum absolute atomic E-state index is 12.2. The number of likely N-dealkylation sites (N-methyl/N-ethyl adjacent to an activating group) is 1. The van der Waals surface area contributed by atoms with Gasteiger partial charge in [0.2, 0.25) is 0 Å². The Balaban J connectivity index is 1.44. The third kappa shape index (κ3) is 3.34. The molecule has 1 atom stereocenters. The minimum atomic E-state index is -0.0693. The molecule has 0 N–H and O–H groups in total. The van der Waals surface area contributed by atoms with Crippen LogP contribution in [0.1, 0.15) is 5.69 Å². The molecule has 128 valence electrons. The van der Waals surface area contributed by atoms with Gasteiger partial charge in [0.1, 0.15) is 18.4 Å². The predicted octanol–water partition coefficient (Wildman–Crippen LogP) is 1.97. The number of aromatic nitrogens is 2. The molecule has 0 radical (unpaired) electrons. The molecular formula is C19H19N3O3. The van der Waals surface area contributed by atoms with Crippen molar-refractivity contribution in [1.29, 1.82) is 0 Å². The average Bonchev–Trinajstić information content (AvgIpc) is 2.61. The number of hydrogen-bond acceptors (Lipinski definition) is 5. The maximum Gasteiger partial charge on any atom is 0.258 e. The van der Waals surface area contributed by atoms with E-state index in [-0.39, 0.29) is 11.7 Å². The molecule has 2 aromatic heterocycles. The standard InChI is InChI=1S/C19H19N3O3/c1-21(12-15-13-24-16-6-2-3-7-17(16)25-15)11-14-10-19(23)22-9-5-4-8-18(22)20-14/h2-10,15H,11-13H2,1H3/t15-/m0/s1. The van der Waals surface area contributed by atoms with Gasteiger partial charge in [0.15, 0.2) is 11.5 Å². The molecule has 0 aliphatic carbocycles. The highest BCUT2D eigenvalue weighted by Gasteiger charge is 2.22. The van der Waals surface area contributed by atoms with Crippen LogP contribution < -0.4 is 15.0 Å². The molecule has 1 aromatic carbocycles. The normalized spacial score (nSPS) is 16.3. The van der Waals surface area contributed by atoms with Gasteiger partial charge in [-0.05, 0) is 31.3 Å². The van der Waals surface area contributed by atoms with Gasteiger partial charge in [-0.1, -0.05) is 18.2 Å². The van der Waals surface area contributed by atoms with Gasteiger partial charge in [0.25, 0.3) is 5.56 Å². The summed E-state index contributed by atoms with van der Waals surface area (Å²) in [5, 5.41) is 0. The second kappa shape index (κ2) is 6.57. The topological polar surface area (TPSA) is 56.1 Å². The fourth-order valence-electron chi connectivity index (χ4n) is 3.03. The van der Waals surface area contributed by atoms with E-state index < -0.39 is 0 Å². The van der Waals surface area contributed by atoms with Crippen LogP contribution >= 0.6 is 0 Å². The van der Waals surface area contributed by atoms with Crippen LogP contribution in [0, 0.1) is 0 Å². The number of pyridine rings is 1. The van der Waals surface area contributed by atoms with Gasteiger partial charge in [0, 0.05) is 25.4 Å². The summed E-state index contributed by atoms with van der Waals surface area (Å²) in [5.74, 6) is 1.56. The molecule has 3 aromatic rings. The summed E-state index contributed by atoms with van der Waals surface area (Å²) in [6.45, 7) is 1.77. The van der Waals surface area contributed by atoms with Crippen molar-refractivity contribution in [2.24, 2.45) is 0 Å². The van der Waals surface area contributed by atoms with Crippen LogP contribution in [0.15, 0.2) is 59.5 Å². The van der Waals surface area contributed by atoms with Crippen molar-refractivity contribution in [1.82, 2.24) is 14.3 Å². The van der Waals surface area contributed by atoms with E-state index in [9.17, 15) is 4.79 Å². The average molecular weight is 337 g/mol. The molecule has 0 saturated carbocycles. The molecule has 0 saturated heterocycles. The fourth-order valence-corrected chi connectivity index (χ4v) is 3.03. The van der Waals surface area contributed by atoms with E-state index in [4.69, 9.17) is 9.47 Å². The van der Waals surface area contributed by atoms with Crippen LogP contribution in [-0.2, 0) is 6.54 Å². The SMILES string of the molecule is CN(Cc1cc(=O)n2ccccc2n1)C[C@H]1COc2ccccc2O1. The van der Waals surface area contributed by atoms with Crippen molar-refractivity contribution in [3.63, 3.8) is 0 Å². The summed E-state index contributed by atoms with van der Waals surface area (Å²) in [4.78, 5) is 18.8. The zero-order chi connectivity index (χ0) is 17.2. The van der Waals surface area contributed by atoms with Crippen molar-refractivity contribution in [3.05, 3.63) is 70.8 Å². The summed E-state index contributed by atoms with van der Waals surface area (Å²) in [5.41, 5.74) is 1.33. The van der Waals surface area contributed by atoms with E-state index in [1.807, 2.05) is 49.5 Å². The second-order valence-corrected chi connectivity index (χ2v) is 6.21. The first kappa shape index (κ1) is 15.7. The molecule has 0 unspecified atom stereocenters. The zero-order valence-corrected chi connectivity index (χ0v) is 14.0. The number of hydrogen-bond donors (Lipinski definition) is 0. The molecule has 0 fully saturated rings. The van der Waals surface area contributed by atoms with Crippen LogP contribution in [0.4, 0.5) is 0 Å². The number of para-hydroxylation sites is 2. The van der Waals surface area contributed by atoms with Crippen molar-refractivity contribution >= 4 is 5.65 Å². The third-order valence-corrected chi connectivity index (χ3v) is 4.14. The summed E-state index contributed by atoms with van der Waals surface area (Å²) >= 11 is 0. The maximum atomic E-state index is 12.2. The second-order valence-electron chi connectivity index (χ2n) is 6.21. The Morgan fingerprint density at radius 1 is 1.20 bits per heavy atom. The number of fused-ring (bicyclic) bond motifs is 2. The van der Waals surface area contributed by atoms with E-state index in [1.165, 1.54) is 0 Å². The van der Waals surface area contributed by atoms with Crippen molar-refractivity contribution in [3.8, 4) is 11.5 Å². The van der Waals surface area contributed by atoms with Crippen molar-refractivity contribution < 1.29 is 9.47 Å². The van der Waals surface area contributed by atoms with E-state index in [2.05, 4.69) is 9.88 Å². The molecule has 1 aliphatic heterocycles. The number of rotatable bonds is 4. The van der Waals surface area contributed by atoms with Gasteiger partial charge in [-0.25, -0.2) is 4.98 Å². The highest BCUT2D eigenvalue weighted by Crippen LogP contribution is 2.30. The third-order valence-electron chi connectivity index (χ3n) is 4.14. The molecule has 6 nitrogen and oxygen atoms in total. The highest BCUT2D eigenvalue weighted by molar-refractivity contribution is 5.40. The Kier molecular flexibility index (Phi) is 4.11. The lowest BCUT2D eigenvalue weighted by Gasteiger charge is -2.29. The fraction of sp³-hybridized carbons (Fsp3) is 0.263. The van der Waals surface area contributed by atoms with Gasteiger partial charge >= 0.3 is 0 Å². The minimum Gasteiger partial charge on any atom is -0.486 e. The zero-order valence-electron chi connectivity index (χ0n) is 14.0. The molecule has 0 amide bonds. The Morgan fingerprint density at radius 3 is 2.88 bits per heavy atom. The van der Waals surface area contributed by atoms with Gasteiger partial charge in [-0.2, -0.15) is 0 Å². The lowest BCUT2D eigenvalue weighted by atomic mass is 10.2. The monoisotopic (exact) mass is 337 g/mol. The Hall–Kier alpha value is -2.86. The lowest BCUT2D eigenvalue weighted by Crippen LogP contribution is -2.39. The molecule has 6 heteroatoms. The van der Waals surface area contributed by atoms with Crippen molar-refractivity contribution in [2.75, 3.05) is 20.2 Å². The van der Waals surface area contributed by atoms with Gasteiger partial charge in [0.05, 0.1) is 5.69 Å². The smallest absolute Gasteiger partial charge is 0.258 e. The molecule has 25 heavy (non-hydrogen) atoms. The predicted molar refractivity (Wildman–Crippen MR) is 94.1 cm³/mol. The van der Waals surface area contributed by atoms with Gasteiger partial charge in [-0.3, -0.25) is 14.1 Å². The molecule has 0 spiro atoms. The van der Waals surface area contributed by atoms with Gasteiger partial charge in [-0.15, -0.1) is 0 Å². The molecule has 4 rings (SSSR count). The number of benzene rings is 1. The van der Waals surface area contributed by atoms with Crippen LogP contribution in [-0.4, -0.2) is 40.6 Å². The molecule has 1 aliphatic rings. The summed E-state index contributed by atoms with van der Waals surface area (Å²) in [6, 6.07) is 14.8. The van der Waals surface area contributed by atoms with Crippen molar-refractivity contribution in [2.45, 2.75) is 12.6 Å². The van der Waals surface area contributed by atoms with E-state index >= 15 is 0 Å². The number of ether oxygens (including phenoxy) is 2. The molecule has 0 bridgehead atoms. The molecule has 3 heterocycles. The first-order valence-electron chi connectivity index (χ1n) is 8.23. The minimum absolute atomic E-state index is 0.0542. The van der Waals surface area contributed by atoms with E-state index in [1.54, 1.807) is 16.7 Å². The summed E-state index contributed by atoms with van der Waals surface area (Å²) in [7, 11) is 1.98. The first-order valence-corrected chi connectivity index (χ1v) is 8.23. The van der Waals surface area contributed by atoms with E-state index in [0.29, 0.717) is 25.3 Å². The van der Waals surface area contributed by atoms with Crippen LogP contribution in [0.25, 0.3) is 5.65 Å². The Bertz CT molecular complexity index is 954. The van der Waals surface area contributed by atoms with E-state index in [0.717, 1.165) is 17.2 Å². The van der Waals surface area contributed by atoms with Crippen LogP contribution in [0.3, 0.4) is 0 Å².